The van der Waals surface area contributed by atoms with Gasteiger partial charge in [0, 0.05) is 5.41 Å². The van der Waals surface area contributed by atoms with Gasteiger partial charge < -0.3 is 9.47 Å². The minimum atomic E-state index is -0.823. The zero-order valence-electron chi connectivity index (χ0n) is 11.2. The first-order valence-corrected chi connectivity index (χ1v) is 5.72. The monoisotopic (exact) mass is 239 g/mol. The molecule has 1 rings (SSSR count). The second-order valence-electron chi connectivity index (χ2n) is 5.38. The molecule has 0 saturated heterocycles. The number of hydrogen-bond acceptors (Lipinski definition) is 4. The Balaban J connectivity index is 3.17. The predicted molar refractivity (Wildman–Crippen MR) is 67.0 cm³/mol. The highest BCUT2D eigenvalue weighted by Gasteiger charge is 2.51. The molecule has 0 aromatic carbocycles. The normalized spacial score (nSPS) is 29.4. The first-order chi connectivity index (χ1) is 7.76. The third-order valence-corrected chi connectivity index (χ3v) is 3.27. The number of carbonyl (C=O) groups excluding carboxylic acids is 1. The third-order valence-electron chi connectivity index (χ3n) is 3.27. The Labute approximate surface area is 103 Å². The molecule has 0 radical (unpaired) electrons. The van der Waals surface area contributed by atoms with Crippen LogP contribution in [0.25, 0.3) is 0 Å². The molecule has 0 unspecified atom stereocenters. The van der Waals surface area contributed by atoms with Gasteiger partial charge in [-0.05, 0) is 13.3 Å². The predicted octanol–water partition coefficient (Wildman–Crippen LogP) is 2.34. The maximum atomic E-state index is 11.9. The van der Waals surface area contributed by atoms with E-state index in [9.17, 15) is 4.79 Å². The standard InChI is InChI=1S/C13H21NO3/c1-7-8-9-10(15)17-13(5,12(2,3)4)11(14-9)16-6/h7,9H,1,8H2,2-6H3/t9-,13+/m0/s1. The summed E-state index contributed by atoms with van der Waals surface area (Å²) >= 11 is 0. The first-order valence-electron chi connectivity index (χ1n) is 5.72. The van der Waals surface area contributed by atoms with Crippen LogP contribution < -0.4 is 0 Å². The van der Waals surface area contributed by atoms with Crippen LogP contribution in [0.1, 0.15) is 34.1 Å². The summed E-state index contributed by atoms with van der Waals surface area (Å²) in [6.45, 7) is 11.4. The van der Waals surface area contributed by atoms with E-state index < -0.39 is 11.6 Å². The Morgan fingerprint density at radius 3 is 2.59 bits per heavy atom. The number of methoxy groups -OCH3 is 1. The van der Waals surface area contributed by atoms with Crippen LogP contribution in [-0.2, 0) is 14.3 Å². The maximum Gasteiger partial charge on any atom is 0.332 e. The van der Waals surface area contributed by atoms with E-state index in [4.69, 9.17) is 9.47 Å². The van der Waals surface area contributed by atoms with Crippen LogP contribution in [0.3, 0.4) is 0 Å². The Bertz CT molecular complexity index is 354. The van der Waals surface area contributed by atoms with E-state index >= 15 is 0 Å². The highest BCUT2D eigenvalue weighted by atomic mass is 16.6. The molecule has 0 N–H and O–H groups in total. The van der Waals surface area contributed by atoms with Crippen LogP contribution in [0, 0.1) is 5.41 Å². The zero-order chi connectivity index (χ0) is 13.3. The fourth-order valence-electron chi connectivity index (χ4n) is 1.66. The fourth-order valence-corrected chi connectivity index (χ4v) is 1.66. The van der Waals surface area contributed by atoms with Crippen molar-refractivity contribution in [1.29, 1.82) is 0 Å². The summed E-state index contributed by atoms with van der Waals surface area (Å²) in [5.41, 5.74) is -1.10. The number of rotatable bonds is 2. The number of nitrogens with zero attached hydrogens (tertiary/aromatic N) is 1. The molecule has 0 amide bonds. The van der Waals surface area contributed by atoms with Gasteiger partial charge in [0.15, 0.2) is 11.6 Å². The van der Waals surface area contributed by atoms with Crippen LogP contribution in [0.5, 0.6) is 0 Å². The summed E-state index contributed by atoms with van der Waals surface area (Å²) < 4.78 is 10.9. The lowest BCUT2D eigenvalue weighted by Gasteiger charge is -2.43. The number of ether oxygens (including phenoxy) is 2. The quantitative estimate of drug-likeness (QED) is 0.549. The van der Waals surface area contributed by atoms with E-state index in [1.807, 2.05) is 27.7 Å². The van der Waals surface area contributed by atoms with Crippen molar-refractivity contribution in [2.75, 3.05) is 7.11 Å². The number of cyclic esters (lactones) is 1. The van der Waals surface area contributed by atoms with E-state index in [0.29, 0.717) is 12.3 Å². The zero-order valence-corrected chi connectivity index (χ0v) is 11.2. The number of aliphatic imine (C=N–C) groups is 1. The smallest absolute Gasteiger partial charge is 0.332 e. The van der Waals surface area contributed by atoms with Crippen molar-refractivity contribution in [3.05, 3.63) is 12.7 Å². The first kappa shape index (κ1) is 13.7. The summed E-state index contributed by atoms with van der Waals surface area (Å²) in [7, 11) is 1.55. The largest absolute Gasteiger partial charge is 0.481 e. The van der Waals surface area contributed by atoms with Gasteiger partial charge in [-0.15, -0.1) is 6.58 Å². The molecular formula is C13H21NO3. The molecule has 0 bridgehead atoms. The molecule has 0 spiro atoms. The lowest BCUT2D eigenvalue weighted by Crippen LogP contribution is -2.56. The summed E-state index contributed by atoms with van der Waals surface area (Å²) in [5, 5.41) is 0. The Kier molecular flexibility index (Phi) is 3.65. The van der Waals surface area contributed by atoms with Crippen molar-refractivity contribution in [2.45, 2.75) is 45.8 Å². The molecule has 17 heavy (non-hydrogen) atoms. The number of carbonyl (C=O) groups is 1. The summed E-state index contributed by atoms with van der Waals surface area (Å²) in [5.74, 6) is 0.152. The van der Waals surface area contributed by atoms with Crippen LogP contribution in [0.15, 0.2) is 17.6 Å². The Hall–Kier alpha value is -1.32. The van der Waals surface area contributed by atoms with Gasteiger partial charge in [0.1, 0.15) is 0 Å². The van der Waals surface area contributed by atoms with Gasteiger partial charge in [-0.2, -0.15) is 0 Å². The van der Waals surface area contributed by atoms with Crippen molar-refractivity contribution >= 4 is 11.9 Å². The number of esters is 1. The van der Waals surface area contributed by atoms with E-state index in [2.05, 4.69) is 11.6 Å². The lowest BCUT2D eigenvalue weighted by atomic mass is 9.76. The summed E-state index contributed by atoms with van der Waals surface area (Å²) in [6.07, 6.45) is 2.12. The van der Waals surface area contributed by atoms with E-state index in [1.54, 1.807) is 13.2 Å². The molecule has 0 aromatic rings. The average molecular weight is 239 g/mol. The molecule has 1 aliphatic rings. The van der Waals surface area contributed by atoms with Crippen molar-refractivity contribution in [3.63, 3.8) is 0 Å². The van der Waals surface area contributed by atoms with Gasteiger partial charge in [0.25, 0.3) is 0 Å². The molecule has 2 atom stereocenters. The molecule has 4 nitrogen and oxygen atoms in total. The van der Waals surface area contributed by atoms with Crippen molar-refractivity contribution in [2.24, 2.45) is 10.4 Å². The van der Waals surface area contributed by atoms with Gasteiger partial charge >= 0.3 is 5.97 Å². The Morgan fingerprint density at radius 2 is 2.18 bits per heavy atom. The van der Waals surface area contributed by atoms with Gasteiger partial charge in [-0.25, -0.2) is 9.79 Å². The molecule has 0 aromatic heterocycles. The molecule has 0 fully saturated rings. The van der Waals surface area contributed by atoms with Gasteiger partial charge in [-0.1, -0.05) is 26.8 Å². The van der Waals surface area contributed by atoms with E-state index in [0.717, 1.165) is 0 Å². The molecular weight excluding hydrogens is 218 g/mol. The molecule has 1 aliphatic heterocycles. The second kappa shape index (κ2) is 4.51. The molecule has 0 aliphatic carbocycles. The SMILES string of the molecule is C=CC[C@@H]1N=C(OC)[C@](C)(C(C)(C)C)OC1=O. The van der Waals surface area contributed by atoms with Gasteiger partial charge in [0.05, 0.1) is 7.11 Å². The van der Waals surface area contributed by atoms with Crippen LogP contribution >= 0.6 is 0 Å². The topological polar surface area (TPSA) is 47.9 Å². The third kappa shape index (κ3) is 2.35. The van der Waals surface area contributed by atoms with E-state index in [1.165, 1.54) is 0 Å². The maximum absolute atomic E-state index is 11.9. The minimum Gasteiger partial charge on any atom is -0.481 e. The molecule has 96 valence electrons. The number of hydrogen-bond donors (Lipinski definition) is 0. The van der Waals surface area contributed by atoms with Gasteiger partial charge in [0.2, 0.25) is 5.90 Å². The van der Waals surface area contributed by atoms with Crippen LogP contribution in [0.2, 0.25) is 0 Å². The van der Waals surface area contributed by atoms with Crippen molar-refractivity contribution in [3.8, 4) is 0 Å². The summed E-state index contributed by atoms with van der Waals surface area (Å²) in [4.78, 5) is 16.2. The Morgan fingerprint density at radius 1 is 1.59 bits per heavy atom. The lowest BCUT2D eigenvalue weighted by molar-refractivity contribution is -0.166. The highest BCUT2D eigenvalue weighted by molar-refractivity contribution is 5.94. The fraction of sp³-hybridized carbons (Fsp3) is 0.692. The minimum absolute atomic E-state index is 0.281. The average Bonchev–Trinajstić information content (AvgIpc) is 2.20. The van der Waals surface area contributed by atoms with Gasteiger partial charge in [-0.3, -0.25) is 0 Å². The van der Waals surface area contributed by atoms with Crippen molar-refractivity contribution in [1.82, 2.24) is 0 Å². The molecule has 1 heterocycles. The molecule has 4 heteroatoms. The van der Waals surface area contributed by atoms with E-state index in [-0.39, 0.29) is 11.4 Å². The van der Waals surface area contributed by atoms with Crippen molar-refractivity contribution < 1.29 is 14.3 Å². The summed E-state index contributed by atoms with van der Waals surface area (Å²) in [6, 6.07) is -0.530. The van der Waals surface area contributed by atoms with Crippen LogP contribution in [0.4, 0.5) is 0 Å². The van der Waals surface area contributed by atoms with Crippen LogP contribution in [-0.4, -0.2) is 30.6 Å². The molecule has 0 saturated carbocycles. The highest BCUT2D eigenvalue weighted by Crippen LogP contribution is 2.38. The second-order valence-corrected chi connectivity index (χ2v) is 5.38.